The zero-order valence-electron chi connectivity index (χ0n) is 10.5. The third kappa shape index (κ3) is 2.76. The monoisotopic (exact) mass is 253 g/mol. The number of benzene rings is 1. The average Bonchev–Trinajstić information content (AvgIpc) is 3.02. The van der Waals surface area contributed by atoms with Gasteiger partial charge in [0.25, 0.3) is 0 Å². The number of rotatable bonds is 3. The molecule has 1 N–H and O–H groups in total. The first-order valence-electron chi connectivity index (χ1n) is 6.40. The molecule has 1 aliphatic heterocycles. The van der Waals surface area contributed by atoms with Gasteiger partial charge in [0.2, 0.25) is 5.91 Å². The zero-order chi connectivity index (χ0) is 13.1. The second-order valence-corrected chi connectivity index (χ2v) is 4.75. The molecule has 0 spiro atoms. The van der Waals surface area contributed by atoms with Crippen molar-refractivity contribution in [3.05, 3.63) is 65.6 Å². The van der Waals surface area contributed by atoms with Crippen molar-refractivity contribution in [1.82, 2.24) is 5.32 Å². The highest BCUT2D eigenvalue weighted by Gasteiger charge is 2.26. The fourth-order valence-corrected chi connectivity index (χ4v) is 2.38. The third-order valence-electron chi connectivity index (χ3n) is 3.28. The van der Waals surface area contributed by atoms with Gasteiger partial charge in [-0.05, 0) is 36.6 Å². The van der Waals surface area contributed by atoms with E-state index >= 15 is 0 Å². The molecule has 1 aliphatic rings. The Hall–Kier alpha value is -2.29. The molecule has 0 bridgehead atoms. The summed E-state index contributed by atoms with van der Waals surface area (Å²) in [6.07, 6.45) is 5.04. The van der Waals surface area contributed by atoms with Crippen LogP contribution in [0.15, 0.2) is 58.7 Å². The van der Waals surface area contributed by atoms with E-state index in [1.807, 2.05) is 36.4 Å². The number of hydrogen-bond donors (Lipinski definition) is 1. The lowest BCUT2D eigenvalue weighted by Gasteiger charge is -2.08. The Labute approximate surface area is 111 Å². The van der Waals surface area contributed by atoms with Crippen LogP contribution in [0.2, 0.25) is 0 Å². The minimum Gasteiger partial charge on any atom is -0.465 e. The first-order valence-corrected chi connectivity index (χ1v) is 6.40. The summed E-state index contributed by atoms with van der Waals surface area (Å²) in [6, 6.07) is 14.1. The number of carbonyl (C=O) groups is 1. The molecular formula is C16H15NO2. The molecule has 0 radical (unpaired) electrons. The normalized spacial score (nSPS) is 20.7. The molecule has 0 aliphatic carbocycles. The first kappa shape index (κ1) is 11.8. The average molecular weight is 253 g/mol. The lowest BCUT2D eigenvalue weighted by atomic mass is 10.0. The maximum absolute atomic E-state index is 11.9. The Kier molecular flexibility index (Phi) is 3.19. The van der Waals surface area contributed by atoms with E-state index in [9.17, 15) is 4.79 Å². The molecule has 1 atom stereocenters. The van der Waals surface area contributed by atoms with Gasteiger partial charge in [-0.25, -0.2) is 0 Å². The van der Waals surface area contributed by atoms with Crippen LogP contribution in [0.25, 0.3) is 6.08 Å². The lowest BCUT2D eigenvalue weighted by molar-refractivity contribution is -0.116. The second-order valence-electron chi connectivity index (χ2n) is 4.75. The van der Waals surface area contributed by atoms with Crippen molar-refractivity contribution in [1.29, 1.82) is 0 Å². The van der Waals surface area contributed by atoms with Gasteiger partial charge in [-0.1, -0.05) is 30.3 Å². The van der Waals surface area contributed by atoms with E-state index in [0.29, 0.717) is 0 Å². The van der Waals surface area contributed by atoms with Crippen LogP contribution in [-0.2, 0) is 11.2 Å². The van der Waals surface area contributed by atoms with E-state index in [0.717, 1.165) is 24.2 Å². The van der Waals surface area contributed by atoms with Gasteiger partial charge in [0.1, 0.15) is 5.76 Å². The molecule has 3 heteroatoms. The standard InChI is InChI=1S/C16H15NO2/c18-16-13(11-15-7-4-8-19-15)10-14(17-16)9-12-5-2-1-3-6-12/h1-8,11,14H,9-10H2,(H,17,18)/b13-11-. The molecule has 96 valence electrons. The maximum Gasteiger partial charge on any atom is 0.247 e. The van der Waals surface area contributed by atoms with Gasteiger partial charge in [-0.2, -0.15) is 0 Å². The molecule has 1 aromatic heterocycles. The summed E-state index contributed by atoms with van der Waals surface area (Å²) in [6.45, 7) is 0. The van der Waals surface area contributed by atoms with Gasteiger partial charge in [-0.3, -0.25) is 4.79 Å². The van der Waals surface area contributed by atoms with Crippen LogP contribution in [0.1, 0.15) is 17.7 Å². The Morgan fingerprint density at radius 3 is 2.79 bits per heavy atom. The largest absolute Gasteiger partial charge is 0.465 e. The van der Waals surface area contributed by atoms with Crippen LogP contribution < -0.4 is 5.32 Å². The molecule has 2 heterocycles. The summed E-state index contributed by atoms with van der Waals surface area (Å²) < 4.78 is 5.24. The molecule has 1 aromatic carbocycles. The number of amides is 1. The smallest absolute Gasteiger partial charge is 0.247 e. The fourth-order valence-electron chi connectivity index (χ4n) is 2.38. The molecule has 19 heavy (non-hydrogen) atoms. The second kappa shape index (κ2) is 5.14. The van der Waals surface area contributed by atoms with Crippen molar-refractivity contribution in [3.8, 4) is 0 Å². The molecule has 1 unspecified atom stereocenters. The van der Waals surface area contributed by atoms with Gasteiger partial charge >= 0.3 is 0 Å². The number of furan rings is 1. The van der Waals surface area contributed by atoms with Crippen molar-refractivity contribution in [2.75, 3.05) is 0 Å². The van der Waals surface area contributed by atoms with E-state index < -0.39 is 0 Å². The Morgan fingerprint density at radius 2 is 2.05 bits per heavy atom. The molecule has 1 amide bonds. The highest BCUT2D eigenvalue weighted by Crippen LogP contribution is 2.20. The van der Waals surface area contributed by atoms with Crippen molar-refractivity contribution >= 4 is 12.0 Å². The van der Waals surface area contributed by atoms with E-state index in [4.69, 9.17) is 4.42 Å². The predicted octanol–water partition coefficient (Wildman–Crippen LogP) is 2.79. The van der Waals surface area contributed by atoms with Crippen molar-refractivity contribution in [3.63, 3.8) is 0 Å². The summed E-state index contributed by atoms with van der Waals surface area (Å²) in [5.74, 6) is 0.739. The van der Waals surface area contributed by atoms with Crippen LogP contribution in [0.3, 0.4) is 0 Å². The highest BCUT2D eigenvalue weighted by atomic mass is 16.3. The zero-order valence-corrected chi connectivity index (χ0v) is 10.5. The van der Waals surface area contributed by atoms with Crippen LogP contribution in [0, 0.1) is 0 Å². The molecule has 3 nitrogen and oxygen atoms in total. The SMILES string of the molecule is O=C1NC(Cc2ccccc2)C/C1=C/c1ccco1. The summed E-state index contributed by atoms with van der Waals surface area (Å²) in [5, 5.41) is 3.02. The van der Waals surface area contributed by atoms with Crippen molar-refractivity contribution < 1.29 is 9.21 Å². The molecule has 1 saturated heterocycles. The van der Waals surface area contributed by atoms with Gasteiger partial charge in [0.15, 0.2) is 0 Å². The van der Waals surface area contributed by atoms with Crippen LogP contribution in [0.5, 0.6) is 0 Å². The summed E-state index contributed by atoms with van der Waals surface area (Å²) >= 11 is 0. The van der Waals surface area contributed by atoms with Gasteiger partial charge in [-0.15, -0.1) is 0 Å². The van der Waals surface area contributed by atoms with Crippen molar-refractivity contribution in [2.45, 2.75) is 18.9 Å². The maximum atomic E-state index is 11.9. The van der Waals surface area contributed by atoms with Crippen LogP contribution >= 0.6 is 0 Å². The van der Waals surface area contributed by atoms with Crippen LogP contribution in [-0.4, -0.2) is 11.9 Å². The Morgan fingerprint density at radius 1 is 1.21 bits per heavy atom. The van der Waals surface area contributed by atoms with E-state index in [2.05, 4.69) is 17.4 Å². The molecule has 0 saturated carbocycles. The summed E-state index contributed by atoms with van der Waals surface area (Å²) in [5.41, 5.74) is 2.03. The highest BCUT2D eigenvalue weighted by molar-refractivity contribution is 6.00. The minimum atomic E-state index is 0.0114. The van der Waals surface area contributed by atoms with Crippen molar-refractivity contribution in [2.24, 2.45) is 0 Å². The molecule has 1 fully saturated rings. The topological polar surface area (TPSA) is 42.2 Å². The quantitative estimate of drug-likeness (QED) is 0.855. The van der Waals surface area contributed by atoms with Crippen LogP contribution in [0.4, 0.5) is 0 Å². The first-order chi connectivity index (χ1) is 9.31. The lowest BCUT2D eigenvalue weighted by Crippen LogP contribution is -2.27. The third-order valence-corrected chi connectivity index (χ3v) is 3.28. The molecular weight excluding hydrogens is 238 g/mol. The number of nitrogens with one attached hydrogen (secondary N) is 1. The number of carbonyl (C=O) groups excluding carboxylic acids is 1. The minimum absolute atomic E-state index is 0.0114. The predicted molar refractivity (Wildman–Crippen MR) is 73.4 cm³/mol. The summed E-state index contributed by atoms with van der Waals surface area (Å²) in [4.78, 5) is 11.9. The van der Waals surface area contributed by atoms with E-state index in [-0.39, 0.29) is 11.9 Å². The Balaban J connectivity index is 1.70. The molecule has 2 aromatic rings. The molecule has 3 rings (SSSR count). The van der Waals surface area contributed by atoms with Gasteiger partial charge < -0.3 is 9.73 Å². The Bertz CT molecular complexity index is 584. The van der Waals surface area contributed by atoms with E-state index in [1.165, 1.54) is 5.56 Å². The summed E-state index contributed by atoms with van der Waals surface area (Å²) in [7, 11) is 0. The van der Waals surface area contributed by atoms with E-state index in [1.54, 1.807) is 6.26 Å². The van der Waals surface area contributed by atoms with Gasteiger partial charge in [0.05, 0.1) is 6.26 Å². The van der Waals surface area contributed by atoms with Gasteiger partial charge in [0, 0.05) is 11.6 Å². The number of hydrogen-bond acceptors (Lipinski definition) is 2. The fraction of sp³-hybridized carbons (Fsp3) is 0.188.